The molecule has 1 aromatic rings. The van der Waals surface area contributed by atoms with Crippen LogP contribution in [0.25, 0.3) is 0 Å². The molecule has 0 bridgehead atoms. The van der Waals surface area contributed by atoms with Crippen LogP contribution in [-0.4, -0.2) is 30.6 Å². The molecule has 1 fully saturated rings. The van der Waals surface area contributed by atoms with Crippen LogP contribution in [-0.2, 0) is 0 Å². The van der Waals surface area contributed by atoms with Gasteiger partial charge in [-0.1, -0.05) is 44.2 Å². The van der Waals surface area contributed by atoms with E-state index in [9.17, 15) is 0 Å². The zero-order valence-corrected chi connectivity index (χ0v) is 12.1. The SMILES string of the molecule is CC(C)C(NC1CC(C)N(C)C1)c1ccccc1. The first-order valence-electron chi connectivity index (χ1n) is 7.09. The van der Waals surface area contributed by atoms with Crippen molar-refractivity contribution >= 4 is 0 Å². The summed E-state index contributed by atoms with van der Waals surface area (Å²) in [6.07, 6.45) is 1.26. The van der Waals surface area contributed by atoms with E-state index < -0.39 is 0 Å². The molecule has 1 aliphatic heterocycles. The van der Waals surface area contributed by atoms with Gasteiger partial charge in [-0.3, -0.25) is 0 Å². The number of nitrogens with one attached hydrogen (secondary N) is 1. The maximum Gasteiger partial charge on any atom is 0.0346 e. The van der Waals surface area contributed by atoms with Gasteiger partial charge in [0.25, 0.3) is 0 Å². The van der Waals surface area contributed by atoms with E-state index in [-0.39, 0.29) is 0 Å². The molecule has 0 aliphatic carbocycles. The molecule has 0 saturated carbocycles. The van der Waals surface area contributed by atoms with Crippen molar-refractivity contribution in [1.29, 1.82) is 0 Å². The van der Waals surface area contributed by atoms with Crippen LogP contribution in [0.4, 0.5) is 0 Å². The summed E-state index contributed by atoms with van der Waals surface area (Å²) in [4.78, 5) is 2.44. The molecular weight excluding hydrogens is 220 g/mol. The minimum absolute atomic E-state index is 0.467. The second kappa shape index (κ2) is 5.85. The van der Waals surface area contributed by atoms with Crippen LogP contribution in [0, 0.1) is 5.92 Å². The summed E-state index contributed by atoms with van der Waals surface area (Å²) < 4.78 is 0. The summed E-state index contributed by atoms with van der Waals surface area (Å²) in [6.45, 7) is 8.07. The molecule has 0 aromatic heterocycles. The van der Waals surface area contributed by atoms with Crippen LogP contribution < -0.4 is 5.32 Å². The molecule has 1 heterocycles. The van der Waals surface area contributed by atoms with Gasteiger partial charge in [-0.15, -0.1) is 0 Å². The second-order valence-corrected chi connectivity index (χ2v) is 6.02. The van der Waals surface area contributed by atoms with E-state index in [1.165, 1.54) is 12.0 Å². The third-order valence-corrected chi connectivity index (χ3v) is 4.13. The fourth-order valence-electron chi connectivity index (χ4n) is 2.90. The lowest BCUT2D eigenvalue weighted by Gasteiger charge is -2.26. The first kappa shape index (κ1) is 13.6. The Bertz CT molecular complexity index is 351. The summed E-state index contributed by atoms with van der Waals surface area (Å²) in [5.74, 6) is 0.619. The zero-order valence-electron chi connectivity index (χ0n) is 12.1. The smallest absolute Gasteiger partial charge is 0.0346 e. The standard InChI is InChI=1S/C16H26N2/c1-12(2)16(14-8-6-5-7-9-14)17-15-10-13(3)18(4)11-15/h5-9,12-13,15-17H,10-11H2,1-4H3. The molecule has 18 heavy (non-hydrogen) atoms. The van der Waals surface area contributed by atoms with E-state index in [0.29, 0.717) is 24.0 Å². The predicted molar refractivity (Wildman–Crippen MR) is 77.7 cm³/mol. The molecule has 3 atom stereocenters. The highest BCUT2D eigenvalue weighted by Crippen LogP contribution is 2.25. The molecule has 3 unspecified atom stereocenters. The largest absolute Gasteiger partial charge is 0.306 e. The second-order valence-electron chi connectivity index (χ2n) is 6.02. The fraction of sp³-hybridized carbons (Fsp3) is 0.625. The average Bonchev–Trinajstić information content (AvgIpc) is 2.66. The molecule has 100 valence electrons. The van der Waals surface area contributed by atoms with Gasteiger partial charge in [0.2, 0.25) is 0 Å². The molecule has 1 aliphatic rings. The molecule has 0 amide bonds. The van der Waals surface area contributed by atoms with Crippen molar-refractivity contribution < 1.29 is 0 Å². The number of nitrogens with zero attached hydrogens (tertiary/aromatic N) is 1. The van der Waals surface area contributed by atoms with Crippen molar-refractivity contribution in [3.63, 3.8) is 0 Å². The molecule has 1 aromatic carbocycles. The molecule has 2 nitrogen and oxygen atoms in total. The van der Waals surface area contributed by atoms with Gasteiger partial charge in [0.05, 0.1) is 0 Å². The number of hydrogen-bond acceptors (Lipinski definition) is 2. The van der Waals surface area contributed by atoms with E-state index in [0.717, 1.165) is 6.54 Å². The minimum Gasteiger partial charge on any atom is -0.306 e. The van der Waals surface area contributed by atoms with Crippen molar-refractivity contribution in [2.75, 3.05) is 13.6 Å². The average molecular weight is 246 g/mol. The van der Waals surface area contributed by atoms with Crippen LogP contribution in [0.15, 0.2) is 30.3 Å². The summed E-state index contributed by atoms with van der Waals surface area (Å²) in [5, 5.41) is 3.85. The Balaban J connectivity index is 2.04. The topological polar surface area (TPSA) is 15.3 Å². The third-order valence-electron chi connectivity index (χ3n) is 4.13. The summed E-state index contributed by atoms with van der Waals surface area (Å²) in [7, 11) is 2.22. The third kappa shape index (κ3) is 3.12. The molecule has 1 saturated heterocycles. The van der Waals surface area contributed by atoms with E-state index in [2.05, 4.69) is 68.4 Å². The first-order valence-corrected chi connectivity index (χ1v) is 7.09. The van der Waals surface area contributed by atoms with Gasteiger partial charge in [0, 0.05) is 24.7 Å². The maximum atomic E-state index is 3.85. The van der Waals surface area contributed by atoms with Crippen molar-refractivity contribution in [2.24, 2.45) is 5.92 Å². The van der Waals surface area contributed by atoms with E-state index >= 15 is 0 Å². The Morgan fingerprint density at radius 2 is 1.89 bits per heavy atom. The molecule has 0 spiro atoms. The van der Waals surface area contributed by atoms with Gasteiger partial charge in [-0.25, -0.2) is 0 Å². The quantitative estimate of drug-likeness (QED) is 0.878. The normalized spacial score (nSPS) is 26.7. The fourth-order valence-corrected chi connectivity index (χ4v) is 2.90. The van der Waals surface area contributed by atoms with Crippen molar-refractivity contribution in [2.45, 2.75) is 45.3 Å². The highest BCUT2D eigenvalue weighted by Gasteiger charge is 2.28. The van der Waals surface area contributed by atoms with Crippen molar-refractivity contribution in [1.82, 2.24) is 10.2 Å². The Morgan fingerprint density at radius 1 is 1.22 bits per heavy atom. The van der Waals surface area contributed by atoms with Gasteiger partial charge in [-0.05, 0) is 31.9 Å². The summed E-state index contributed by atoms with van der Waals surface area (Å²) in [5.41, 5.74) is 1.41. The molecule has 1 N–H and O–H groups in total. The number of hydrogen-bond donors (Lipinski definition) is 1. The van der Waals surface area contributed by atoms with E-state index in [1.54, 1.807) is 0 Å². The lowest BCUT2D eigenvalue weighted by Crippen LogP contribution is -2.37. The number of rotatable bonds is 4. The zero-order chi connectivity index (χ0) is 13.1. The van der Waals surface area contributed by atoms with Crippen LogP contribution in [0.5, 0.6) is 0 Å². The lowest BCUT2D eigenvalue weighted by molar-refractivity contribution is 0.317. The van der Waals surface area contributed by atoms with Crippen LogP contribution in [0.1, 0.15) is 38.8 Å². The maximum absolute atomic E-state index is 3.85. The van der Waals surface area contributed by atoms with Crippen molar-refractivity contribution in [3.8, 4) is 0 Å². The number of likely N-dealkylation sites (tertiary alicyclic amines) is 1. The Hall–Kier alpha value is -0.860. The number of likely N-dealkylation sites (N-methyl/N-ethyl adjacent to an activating group) is 1. The highest BCUT2D eigenvalue weighted by atomic mass is 15.2. The Kier molecular flexibility index (Phi) is 4.41. The lowest BCUT2D eigenvalue weighted by atomic mass is 9.95. The molecule has 0 radical (unpaired) electrons. The number of benzene rings is 1. The van der Waals surface area contributed by atoms with Crippen LogP contribution in [0.3, 0.4) is 0 Å². The van der Waals surface area contributed by atoms with E-state index in [4.69, 9.17) is 0 Å². The van der Waals surface area contributed by atoms with Crippen molar-refractivity contribution in [3.05, 3.63) is 35.9 Å². The molecule has 2 rings (SSSR count). The minimum atomic E-state index is 0.467. The van der Waals surface area contributed by atoms with Gasteiger partial charge >= 0.3 is 0 Å². The molecule has 2 heteroatoms. The Morgan fingerprint density at radius 3 is 2.39 bits per heavy atom. The van der Waals surface area contributed by atoms with Gasteiger partial charge in [-0.2, -0.15) is 0 Å². The Labute approximate surface area is 111 Å². The van der Waals surface area contributed by atoms with E-state index in [1.807, 2.05) is 0 Å². The summed E-state index contributed by atoms with van der Waals surface area (Å²) in [6, 6.07) is 12.6. The van der Waals surface area contributed by atoms with Gasteiger partial charge in [0.15, 0.2) is 0 Å². The first-order chi connectivity index (χ1) is 8.58. The van der Waals surface area contributed by atoms with Crippen LogP contribution in [0.2, 0.25) is 0 Å². The summed E-state index contributed by atoms with van der Waals surface area (Å²) >= 11 is 0. The predicted octanol–water partition coefficient (Wildman–Crippen LogP) is 3.07. The highest BCUT2D eigenvalue weighted by molar-refractivity contribution is 5.19. The van der Waals surface area contributed by atoms with Crippen LogP contribution >= 0.6 is 0 Å². The molecular formula is C16H26N2. The van der Waals surface area contributed by atoms with Gasteiger partial charge in [0.1, 0.15) is 0 Å². The monoisotopic (exact) mass is 246 g/mol. The van der Waals surface area contributed by atoms with Gasteiger partial charge < -0.3 is 10.2 Å².